The maximum atomic E-state index is 12.2. The number of aliphatic hydroxyl groups is 2. The molecule has 4 aliphatic rings. The van der Waals surface area contributed by atoms with Gasteiger partial charge in [0, 0.05) is 26.3 Å². The number of ether oxygens (including phenoxy) is 5. The van der Waals surface area contributed by atoms with Gasteiger partial charge >= 0.3 is 6.09 Å². The summed E-state index contributed by atoms with van der Waals surface area (Å²) in [4.78, 5) is 14.0. The highest BCUT2D eigenvalue weighted by Gasteiger charge is 2.36. The molecule has 0 unspecified atom stereocenters. The fourth-order valence-corrected chi connectivity index (χ4v) is 6.73. The third-order valence-electron chi connectivity index (χ3n) is 9.91. The van der Waals surface area contributed by atoms with Gasteiger partial charge in [0.1, 0.15) is 32.0 Å². The van der Waals surface area contributed by atoms with Crippen LogP contribution in [0.5, 0.6) is 23.0 Å². The number of rotatable bonds is 8. The van der Waals surface area contributed by atoms with E-state index >= 15 is 0 Å². The summed E-state index contributed by atoms with van der Waals surface area (Å²) < 4.78 is 27.8. The van der Waals surface area contributed by atoms with Crippen LogP contribution >= 0.6 is 0 Å². The first-order chi connectivity index (χ1) is 22.6. The summed E-state index contributed by atoms with van der Waals surface area (Å²) in [5.41, 5.74) is 1.91. The predicted octanol–water partition coefficient (Wildman–Crippen LogP) is 5.15. The van der Waals surface area contributed by atoms with Gasteiger partial charge in [0.15, 0.2) is 23.0 Å². The van der Waals surface area contributed by atoms with Gasteiger partial charge in [0.25, 0.3) is 0 Å². The van der Waals surface area contributed by atoms with Crippen molar-refractivity contribution in [3.8, 4) is 23.0 Å². The van der Waals surface area contributed by atoms with Crippen LogP contribution in [0.25, 0.3) is 0 Å². The van der Waals surface area contributed by atoms with E-state index in [-0.39, 0.29) is 23.5 Å². The Hall–Kier alpha value is -3.21. The standard InChI is InChI=1S/C21H31NO5.C16H23NO3/c1-20(2,3)27-19(24)22-10-8-21(15-23,9-11-22)7-6-16-4-5-17-18(14-16)26-13-12-25-17;18-12-16(5-7-17-8-6-16)4-3-13-1-2-14-15(11-13)20-10-9-19-14/h4-5,14,23H,6-13,15H2,1-3H3;1-2,11,17-18H,3-10,12H2. The van der Waals surface area contributed by atoms with E-state index in [0.29, 0.717) is 46.1 Å². The minimum Gasteiger partial charge on any atom is -0.486 e. The van der Waals surface area contributed by atoms with Gasteiger partial charge in [-0.3, -0.25) is 0 Å². The molecule has 0 radical (unpaired) electrons. The second-order valence-electron chi connectivity index (χ2n) is 14.5. The average molecular weight is 655 g/mol. The lowest BCUT2D eigenvalue weighted by atomic mass is 9.75. The topological polar surface area (TPSA) is 119 Å². The van der Waals surface area contributed by atoms with Crippen LogP contribution in [-0.4, -0.2) is 92.6 Å². The molecule has 0 aromatic heterocycles. The number of hydrogen-bond acceptors (Lipinski definition) is 9. The molecule has 0 atom stereocenters. The van der Waals surface area contributed by atoms with Crippen molar-refractivity contribution >= 4 is 6.09 Å². The van der Waals surface area contributed by atoms with E-state index in [2.05, 4.69) is 23.5 Å². The number of amides is 1. The molecule has 0 aliphatic carbocycles. The number of likely N-dealkylation sites (tertiary alicyclic amines) is 1. The molecule has 0 spiro atoms. The van der Waals surface area contributed by atoms with Gasteiger partial charge < -0.3 is 44.1 Å². The van der Waals surface area contributed by atoms with Crippen LogP contribution in [0.2, 0.25) is 0 Å². The highest BCUT2D eigenvalue weighted by atomic mass is 16.6. The second-order valence-corrected chi connectivity index (χ2v) is 14.5. The second kappa shape index (κ2) is 15.8. The Kier molecular flexibility index (Phi) is 11.8. The minimum absolute atomic E-state index is 0.0957. The maximum Gasteiger partial charge on any atom is 0.410 e. The van der Waals surface area contributed by atoms with Crippen molar-refractivity contribution in [3.63, 3.8) is 0 Å². The van der Waals surface area contributed by atoms with Crippen LogP contribution in [0, 0.1) is 10.8 Å². The van der Waals surface area contributed by atoms with Gasteiger partial charge in [-0.15, -0.1) is 0 Å². The van der Waals surface area contributed by atoms with Gasteiger partial charge in [-0.05, 0) is 131 Å². The van der Waals surface area contributed by atoms with Crippen LogP contribution in [0.1, 0.15) is 70.4 Å². The molecule has 0 saturated carbocycles. The zero-order chi connectivity index (χ0) is 33.3. The lowest BCUT2D eigenvalue weighted by molar-refractivity contribution is -0.00237. The normalized spacial score (nSPS) is 19.6. The molecule has 2 aromatic carbocycles. The van der Waals surface area contributed by atoms with Crippen molar-refractivity contribution in [1.82, 2.24) is 10.2 Å². The van der Waals surface area contributed by atoms with Gasteiger partial charge in [-0.1, -0.05) is 12.1 Å². The summed E-state index contributed by atoms with van der Waals surface area (Å²) in [7, 11) is 0. The first-order valence-electron chi connectivity index (χ1n) is 17.3. The highest BCUT2D eigenvalue weighted by Crippen LogP contribution is 2.38. The molecule has 3 N–H and O–H groups in total. The van der Waals surface area contributed by atoms with E-state index in [0.717, 1.165) is 87.5 Å². The molecule has 2 saturated heterocycles. The maximum absolute atomic E-state index is 12.2. The number of hydrogen-bond donors (Lipinski definition) is 3. The van der Waals surface area contributed by atoms with E-state index in [1.807, 2.05) is 39.0 Å². The largest absolute Gasteiger partial charge is 0.486 e. The first-order valence-corrected chi connectivity index (χ1v) is 17.3. The Morgan fingerprint density at radius 3 is 1.64 bits per heavy atom. The summed E-state index contributed by atoms with van der Waals surface area (Å²) >= 11 is 0. The highest BCUT2D eigenvalue weighted by molar-refractivity contribution is 5.68. The van der Waals surface area contributed by atoms with Crippen molar-refractivity contribution in [3.05, 3.63) is 47.5 Å². The Morgan fingerprint density at radius 1 is 0.745 bits per heavy atom. The van der Waals surface area contributed by atoms with Crippen LogP contribution < -0.4 is 24.3 Å². The Morgan fingerprint density at radius 2 is 1.19 bits per heavy atom. The molecular formula is C37H54N2O8. The zero-order valence-corrected chi connectivity index (χ0v) is 28.5. The molecule has 2 fully saturated rings. The van der Waals surface area contributed by atoms with Crippen molar-refractivity contribution in [1.29, 1.82) is 0 Å². The number of benzene rings is 2. The quantitative estimate of drug-likeness (QED) is 0.355. The van der Waals surface area contributed by atoms with Crippen LogP contribution in [0.4, 0.5) is 4.79 Å². The monoisotopic (exact) mass is 654 g/mol. The lowest BCUT2D eigenvalue weighted by Crippen LogP contribution is -2.46. The molecule has 2 aromatic rings. The molecule has 260 valence electrons. The number of piperidine rings is 2. The van der Waals surface area contributed by atoms with E-state index in [9.17, 15) is 15.0 Å². The fraction of sp³-hybridized carbons (Fsp3) is 0.649. The summed E-state index contributed by atoms with van der Waals surface area (Å²) in [6, 6.07) is 12.3. The number of carbonyl (C=O) groups is 1. The molecule has 10 heteroatoms. The van der Waals surface area contributed by atoms with Crippen LogP contribution in [-0.2, 0) is 17.6 Å². The number of nitrogens with zero attached hydrogens (tertiary/aromatic N) is 1. The number of nitrogens with one attached hydrogen (secondary N) is 1. The Labute approximate surface area is 279 Å². The van der Waals surface area contributed by atoms with Crippen molar-refractivity contribution in [2.45, 2.75) is 77.7 Å². The van der Waals surface area contributed by atoms with Crippen molar-refractivity contribution in [2.75, 3.05) is 65.8 Å². The summed E-state index contributed by atoms with van der Waals surface area (Å²) in [5, 5.41) is 23.1. The molecule has 4 heterocycles. The first kappa shape index (κ1) is 35.1. The molecule has 47 heavy (non-hydrogen) atoms. The minimum atomic E-state index is -0.485. The molecule has 4 aliphatic heterocycles. The third kappa shape index (κ3) is 9.67. The lowest BCUT2D eigenvalue weighted by Gasteiger charge is -2.41. The van der Waals surface area contributed by atoms with Gasteiger partial charge in [-0.25, -0.2) is 4.79 Å². The number of aliphatic hydroxyl groups excluding tert-OH is 2. The van der Waals surface area contributed by atoms with Crippen LogP contribution in [0.3, 0.4) is 0 Å². The van der Waals surface area contributed by atoms with Crippen molar-refractivity contribution < 1.29 is 38.7 Å². The summed E-state index contributed by atoms with van der Waals surface area (Å²) in [5.74, 6) is 3.31. The van der Waals surface area contributed by atoms with Gasteiger partial charge in [0.05, 0.1) is 0 Å². The Bertz CT molecular complexity index is 1310. The Balaban J connectivity index is 0.000000193. The van der Waals surface area contributed by atoms with E-state index in [1.165, 1.54) is 11.1 Å². The smallest absolute Gasteiger partial charge is 0.410 e. The molecule has 6 rings (SSSR count). The van der Waals surface area contributed by atoms with Gasteiger partial charge in [-0.2, -0.15) is 0 Å². The molecule has 1 amide bonds. The van der Waals surface area contributed by atoms with Crippen LogP contribution in [0.15, 0.2) is 36.4 Å². The number of aryl methyl sites for hydroxylation is 2. The van der Waals surface area contributed by atoms with E-state index in [1.54, 1.807) is 4.90 Å². The van der Waals surface area contributed by atoms with Crippen molar-refractivity contribution in [2.24, 2.45) is 10.8 Å². The third-order valence-corrected chi connectivity index (χ3v) is 9.91. The predicted molar refractivity (Wildman–Crippen MR) is 180 cm³/mol. The fourth-order valence-electron chi connectivity index (χ4n) is 6.73. The van der Waals surface area contributed by atoms with E-state index < -0.39 is 5.60 Å². The zero-order valence-electron chi connectivity index (χ0n) is 28.5. The summed E-state index contributed by atoms with van der Waals surface area (Å²) in [6.45, 7) is 11.8. The summed E-state index contributed by atoms with van der Waals surface area (Å²) in [6.07, 6.45) is 7.19. The number of carbonyl (C=O) groups excluding carboxylic acids is 1. The SMILES string of the molecule is CC(C)(C)OC(=O)N1CCC(CO)(CCc2ccc3c(c2)OCCO3)CC1.OCC1(CCc2ccc3c(c2)OCCO3)CCNCC1. The van der Waals surface area contributed by atoms with E-state index in [4.69, 9.17) is 23.7 Å². The molecule has 10 nitrogen and oxygen atoms in total. The average Bonchev–Trinajstić information content (AvgIpc) is 3.10. The molecular weight excluding hydrogens is 600 g/mol. The number of fused-ring (bicyclic) bond motifs is 2. The molecule has 0 bridgehead atoms. The van der Waals surface area contributed by atoms with Gasteiger partial charge in [0.2, 0.25) is 0 Å².